The molecule has 0 amide bonds. The van der Waals surface area contributed by atoms with Gasteiger partial charge in [0.1, 0.15) is 0 Å². The van der Waals surface area contributed by atoms with Crippen LogP contribution in [0.25, 0.3) is 0 Å². The van der Waals surface area contributed by atoms with Gasteiger partial charge in [-0.1, -0.05) is 25.7 Å². The van der Waals surface area contributed by atoms with Crippen LogP contribution in [0.1, 0.15) is 77.0 Å². The first-order valence-corrected chi connectivity index (χ1v) is 23.8. The molecule has 0 aliphatic carbocycles. The van der Waals surface area contributed by atoms with Crippen LogP contribution >= 0.6 is 71.8 Å². The minimum Gasteiger partial charge on any atom is -0.240 e. The van der Waals surface area contributed by atoms with Crippen LogP contribution < -0.4 is 0 Å². The normalized spacial score (nSPS) is 42.8. The molecule has 0 radical (unpaired) electrons. The van der Waals surface area contributed by atoms with Crippen LogP contribution in [0, 0.1) is 0 Å². The summed E-state index contributed by atoms with van der Waals surface area (Å²) in [6.07, 6.45) is 13.5. The van der Waals surface area contributed by atoms with E-state index in [1.165, 1.54) is 25.7 Å². The van der Waals surface area contributed by atoms with Gasteiger partial charge in [0.2, 0.25) is 26.8 Å². The Morgan fingerprint density at radius 3 is 0.639 bits per heavy atom. The Balaban J connectivity index is 1.73. The van der Waals surface area contributed by atoms with Gasteiger partial charge in [0.05, 0.1) is 0 Å². The largest absolute Gasteiger partial charge is 0.240 e. The van der Waals surface area contributed by atoms with E-state index in [0.29, 0.717) is 0 Å². The van der Waals surface area contributed by atoms with E-state index in [2.05, 4.69) is 18.7 Å². The maximum atomic E-state index is 7.59. The molecule has 0 atom stereocenters. The summed E-state index contributed by atoms with van der Waals surface area (Å²) in [6.45, 7) is -4.76. The summed E-state index contributed by atoms with van der Waals surface area (Å²) < 4.78 is 30.6. The molecule has 16 heteroatoms. The molecular weight excluding hydrogens is 618 g/mol. The van der Waals surface area contributed by atoms with Crippen molar-refractivity contribution in [1.29, 1.82) is 0 Å². The fraction of sp³-hybridized carbons (Fsp3) is 1.00. The second-order valence-corrected chi connectivity index (χ2v) is 24.9. The maximum absolute atomic E-state index is 7.59. The SMILES string of the molecule is ClP1(N2CCCCC2)=NP(Cl)(N2CCCCC2)=NP(Cl)(N2CCCCC2)=NP(Cl)(N2CCCCC2)=N1. The van der Waals surface area contributed by atoms with Crippen molar-refractivity contribution in [2.75, 3.05) is 52.4 Å². The molecule has 0 aromatic carbocycles. The van der Waals surface area contributed by atoms with Crippen molar-refractivity contribution in [3.05, 3.63) is 0 Å². The number of hydrogen-bond acceptors (Lipinski definition) is 8. The summed E-state index contributed by atoms with van der Waals surface area (Å²) in [5, 5.41) is 0. The second kappa shape index (κ2) is 12.4. The van der Waals surface area contributed by atoms with E-state index in [9.17, 15) is 0 Å². The Morgan fingerprint density at radius 2 is 0.472 bits per heavy atom. The van der Waals surface area contributed by atoms with Gasteiger partial charge < -0.3 is 0 Å². The van der Waals surface area contributed by atoms with E-state index in [1.807, 2.05) is 0 Å². The van der Waals surface area contributed by atoms with E-state index in [-0.39, 0.29) is 0 Å². The third kappa shape index (κ3) is 6.53. The Morgan fingerprint density at radius 1 is 0.306 bits per heavy atom. The molecule has 0 spiro atoms. The summed E-state index contributed by atoms with van der Waals surface area (Å²) in [5.74, 6) is 0. The minimum atomic E-state index is -2.92. The number of hydrogen-bond donors (Lipinski definition) is 0. The fourth-order valence-corrected chi connectivity index (χ4v) is 28.8. The predicted octanol–water partition coefficient (Wildman–Crippen LogP) is 10.7. The van der Waals surface area contributed by atoms with Gasteiger partial charge in [-0.05, 0) is 96.3 Å². The van der Waals surface area contributed by atoms with Crippen molar-refractivity contribution >= 4 is 71.8 Å². The van der Waals surface area contributed by atoms with E-state index in [1.54, 1.807) is 0 Å². The standard InChI is InChI=1S/C20H40Cl4N8P4/c21-33(29-13-5-1-6-14-29)25-34(22,30-15-7-2-8-16-30)27-36(24,32-19-11-4-12-20-32)28-35(23,26-33)31-17-9-3-10-18-31/h1-20H2. The van der Waals surface area contributed by atoms with Crippen LogP contribution in [0.4, 0.5) is 0 Å². The number of nitrogens with zero attached hydrogens (tertiary/aromatic N) is 8. The summed E-state index contributed by atoms with van der Waals surface area (Å²) in [6, 6.07) is 0. The number of rotatable bonds is 4. The van der Waals surface area contributed by atoms with Gasteiger partial charge in [-0.3, -0.25) is 0 Å². The molecule has 0 aromatic heterocycles. The van der Waals surface area contributed by atoms with Gasteiger partial charge in [-0.2, -0.15) is 18.1 Å². The zero-order valence-electron chi connectivity index (χ0n) is 21.0. The van der Waals surface area contributed by atoms with Crippen molar-refractivity contribution in [1.82, 2.24) is 18.7 Å². The summed E-state index contributed by atoms with van der Waals surface area (Å²) in [5.41, 5.74) is 0. The van der Waals surface area contributed by atoms with Crippen LogP contribution in [-0.2, 0) is 0 Å². The van der Waals surface area contributed by atoms with Crippen LogP contribution in [0.15, 0.2) is 18.1 Å². The van der Waals surface area contributed by atoms with E-state index in [4.69, 9.17) is 63.0 Å². The molecule has 5 aliphatic heterocycles. The third-order valence-electron chi connectivity index (χ3n) is 7.68. The maximum Gasteiger partial charge on any atom is 0.239 e. The first-order chi connectivity index (χ1) is 17.2. The molecule has 5 rings (SSSR count). The van der Waals surface area contributed by atoms with Crippen LogP contribution in [0.2, 0.25) is 0 Å². The minimum absolute atomic E-state index is 0.866. The van der Waals surface area contributed by atoms with Crippen LogP contribution in [-0.4, -0.2) is 71.0 Å². The fourth-order valence-electron chi connectivity index (χ4n) is 5.63. The average molecular weight is 658 g/mol. The molecule has 0 unspecified atom stereocenters. The molecule has 0 aromatic rings. The van der Waals surface area contributed by atoms with Gasteiger partial charge in [0, 0.05) is 52.4 Å². The third-order valence-corrected chi connectivity index (χ3v) is 26.9. The molecule has 0 N–H and O–H groups in total. The lowest BCUT2D eigenvalue weighted by Crippen LogP contribution is -2.29. The van der Waals surface area contributed by atoms with E-state index >= 15 is 0 Å². The predicted molar refractivity (Wildman–Crippen MR) is 162 cm³/mol. The highest BCUT2D eigenvalue weighted by Gasteiger charge is 2.44. The van der Waals surface area contributed by atoms with Crippen molar-refractivity contribution < 1.29 is 0 Å². The first kappa shape index (κ1) is 29.4. The number of piperidine rings is 4. The first-order valence-electron chi connectivity index (χ1n) is 13.6. The van der Waals surface area contributed by atoms with Crippen LogP contribution in [0.5, 0.6) is 0 Å². The molecule has 5 heterocycles. The highest BCUT2D eigenvalue weighted by atomic mass is 35.7. The van der Waals surface area contributed by atoms with Crippen molar-refractivity contribution in [2.24, 2.45) is 18.1 Å². The van der Waals surface area contributed by atoms with E-state index in [0.717, 1.165) is 104 Å². The van der Waals surface area contributed by atoms with Crippen molar-refractivity contribution in [3.63, 3.8) is 0 Å². The van der Waals surface area contributed by atoms with Crippen LogP contribution in [0.3, 0.4) is 0 Å². The van der Waals surface area contributed by atoms with Crippen molar-refractivity contribution in [3.8, 4) is 0 Å². The van der Waals surface area contributed by atoms with Gasteiger partial charge in [-0.25, -0.2) is 18.7 Å². The zero-order valence-corrected chi connectivity index (χ0v) is 27.6. The Hall–Kier alpha value is 1.92. The van der Waals surface area contributed by atoms with Gasteiger partial charge in [0.15, 0.2) is 0 Å². The smallest absolute Gasteiger partial charge is 0.239 e. The molecule has 4 saturated heterocycles. The molecule has 4 fully saturated rings. The molecule has 5 aliphatic rings. The lowest BCUT2D eigenvalue weighted by atomic mass is 10.2. The van der Waals surface area contributed by atoms with Gasteiger partial charge >= 0.3 is 0 Å². The Bertz CT molecular complexity index is 833. The molecule has 36 heavy (non-hydrogen) atoms. The lowest BCUT2D eigenvalue weighted by Gasteiger charge is -2.42. The molecule has 0 bridgehead atoms. The quantitative estimate of drug-likeness (QED) is 0.282. The van der Waals surface area contributed by atoms with Crippen molar-refractivity contribution in [2.45, 2.75) is 77.0 Å². The van der Waals surface area contributed by atoms with Gasteiger partial charge in [0.25, 0.3) is 0 Å². The lowest BCUT2D eigenvalue weighted by molar-refractivity contribution is 0.362. The summed E-state index contributed by atoms with van der Waals surface area (Å²) in [7, 11) is 0. The molecule has 208 valence electrons. The monoisotopic (exact) mass is 656 g/mol. The average Bonchev–Trinajstić information content (AvgIpc) is 2.90. The Labute approximate surface area is 236 Å². The Kier molecular flexibility index (Phi) is 10.2. The summed E-state index contributed by atoms with van der Waals surface area (Å²) in [4.78, 5) is 0. The molecule has 8 nitrogen and oxygen atoms in total. The molecular formula is C20H40Cl4N8P4. The highest BCUT2D eigenvalue weighted by Crippen LogP contribution is 2.86. The second-order valence-electron chi connectivity index (χ2n) is 10.4. The zero-order chi connectivity index (χ0) is 25.3. The topological polar surface area (TPSA) is 62.4 Å². The van der Waals surface area contributed by atoms with E-state index < -0.39 is 26.8 Å². The molecule has 0 saturated carbocycles. The highest BCUT2D eigenvalue weighted by molar-refractivity contribution is 8.07. The summed E-state index contributed by atoms with van der Waals surface area (Å²) >= 11 is 30.4. The number of halogens is 4. The van der Waals surface area contributed by atoms with Gasteiger partial charge in [-0.15, -0.1) is 0 Å².